The average molecular weight is 360 g/mol. The summed E-state index contributed by atoms with van der Waals surface area (Å²) < 4.78 is 0. The predicted octanol–water partition coefficient (Wildman–Crippen LogP) is 2.30. The second kappa shape index (κ2) is 7.71. The molecule has 0 spiro atoms. The summed E-state index contributed by atoms with van der Waals surface area (Å²) in [4.78, 5) is 48.2. The Labute approximate surface area is 147 Å². The number of hydrogen-bond acceptors (Lipinski definition) is 5. The van der Waals surface area contributed by atoms with E-state index in [1.165, 1.54) is 28.0 Å². The second-order valence-corrected chi connectivity index (χ2v) is 6.73. The van der Waals surface area contributed by atoms with Gasteiger partial charge >= 0.3 is 5.97 Å². The van der Waals surface area contributed by atoms with Gasteiger partial charge in [0.15, 0.2) is 0 Å². The van der Waals surface area contributed by atoms with Gasteiger partial charge in [-0.2, -0.15) is 0 Å². The Balaban J connectivity index is 0.000000269. The van der Waals surface area contributed by atoms with Crippen LogP contribution in [0.15, 0.2) is 30.3 Å². The van der Waals surface area contributed by atoms with E-state index >= 15 is 0 Å². The molecule has 1 aromatic heterocycles. The highest BCUT2D eigenvalue weighted by atomic mass is 32.1. The van der Waals surface area contributed by atoms with Crippen molar-refractivity contribution in [3.8, 4) is 0 Å². The van der Waals surface area contributed by atoms with Crippen LogP contribution in [-0.4, -0.2) is 40.7 Å². The zero-order chi connectivity index (χ0) is 18.6. The van der Waals surface area contributed by atoms with Crippen LogP contribution in [0, 0.1) is 13.8 Å². The molecule has 1 aromatic carbocycles. The summed E-state index contributed by atoms with van der Waals surface area (Å²) >= 11 is 1.84. The fourth-order valence-corrected chi connectivity index (χ4v) is 3.13. The van der Waals surface area contributed by atoms with E-state index in [9.17, 15) is 19.2 Å². The number of carboxylic acids is 1. The summed E-state index contributed by atoms with van der Waals surface area (Å²) in [5.41, 5.74) is 0.303. The summed E-state index contributed by atoms with van der Waals surface area (Å²) in [6, 6.07) is 8.65. The van der Waals surface area contributed by atoms with Gasteiger partial charge in [0, 0.05) is 9.75 Å². The topological polar surface area (TPSA) is 104 Å². The first-order valence-corrected chi connectivity index (χ1v) is 8.11. The first-order chi connectivity index (χ1) is 11.8. The Kier molecular flexibility index (Phi) is 5.66. The molecular weight excluding hydrogens is 344 g/mol. The van der Waals surface area contributed by atoms with E-state index in [0.29, 0.717) is 11.3 Å². The number of benzene rings is 1. The van der Waals surface area contributed by atoms with Crippen LogP contribution in [-0.2, 0) is 9.59 Å². The molecule has 0 fully saturated rings. The number of amides is 3. The van der Waals surface area contributed by atoms with E-state index in [-0.39, 0.29) is 16.8 Å². The number of fused-ring (bicyclic) bond motifs is 1. The van der Waals surface area contributed by atoms with Crippen molar-refractivity contribution in [3.63, 3.8) is 0 Å². The van der Waals surface area contributed by atoms with Gasteiger partial charge in [-0.05, 0) is 38.1 Å². The third kappa shape index (κ3) is 4.10. The van der Waals surface area contributed by atoms with Crippen molar-refractivity contribution >= 4 is 41.2 Å². The molecule has 1 aliphatic heterocycles. The van der Waals surface area contributed by atoms with E-state index in [1.54, 1.807) is 0 Å². The Hall–Kier alpha value is -3.00. The number of aliphatic carboxylic acids is 1. The Morgan fingerprint density at radius 2 is 1.80 bits per heavy atom. The van der Waals surface area contributed by atoms with Crippen molar-refractivity contribution in [2.45, 2.75) is 13.8 Å². The van der Waals surface area contributed by atoms with Gasteiger partial charge in [0.25, 0.3) is 11.8 Å². The molecule has 0 atom stereocenters. The zero-order valence-corrected chi connectivity index (χ0v) is 14.4. The molecule has 2 N–H and O–H groups in total. The maximum atomic E-state index is 11.9. The normalized spacial score (nSPS) is 12.3. The molecule has 1 aliphatic rings. The average Bonchev–Trinajstić information content (AvgIpc) is 3.04. The maximum absolute atomic E-state index is 11.9. The second-order valence-electron chi connectivity index (χ2n) is 5.24. The molecule has 130 valence electrons. The molecule has 0 radical (unpaired) electrons. The van der Waals surface area contributed by atoms with Gasteiger partial charge in [-0.15, -0.1) is 11.3 Å². The van der Waals surface area contributed by atoms with E-state index in [1.807, 2.05) is 11.3 Å². The molecule has 3 amide bonds. The molecule has 3 rings (SSSR count). The highest BCUT2D eigenvalue weighted by molar-refractivity contribution is 7.11. The highest BCUT2D eigenvalue weighted by Crippen LogP contribution is 2.28. The van der Waals surface area contributed by atoms with Crippen molar-refractivity contribution in [1.82, 2.24) is 4.90 Å². The fraction of sp³-hybridized carbons (Fsp3) is 0.176. The summed E-state index contributed by atoms with van der Waals surface area (Å²) in [6.45, 7) is 3.54. The van der Waals surface area contributed by atoms with Crippen LogP contribution in [0.25, 0.3) is 0 Å². The molecule has 0 aliphatic carbocycles. The number of hydrogen-bond donors (Lipinski definition) is 2. The van der Waals surface area contributed by atoms with E-state index in [0.717, 1.165) is 0 Å². The van der Waals surface area contributed by atoms with Crippen LogP contribution in [0.1, 0.15) is 30.5 Å². The van der Waals surface area contributed by atoms with Crippen molar-refractivity contribution in [2.24, 2.45) is 0 Å². The van der Waals surface area contributed by atoms with Gasteiger partial charge in [0.05, 0.1) is 16.8 Å². The third-order valence-corrected chi connectivity index (χ3v) is 4.30. The molecule has 0 bridgehead atoms. The minimum absolute atomic E-state index is 0.0239. The predicted molar refractivity (Wildman–Crippen MR) is 92.9 cm³/mol. The molecule has 2 heterocycles. The van der Waals surface area contributed by atoms with Gasteiger partial charge < -0.3 is 10.4 Å². The van der Waals surface area contributed by atoms with E-state index in [2.05, 4.69) is 31.3 Å². The summed E-state index contributed by atoms with van der Waals surface area (Å²) in [5.74, 6) is -2.68. The summed E-state index contributed by atoms with van der Waals surface area (Å²) in [7, 11) is 0. The highest BCUT2D eigenvalue weighted by Gasteiger charge is 2.38. The van der Waals surface area contributed by atoms with Crippen LogP contribution in [0.4, 0.5) is 5.69 Å². The number of thiophene rings is 1. The van der Waals surface area contributed by atoms with Crippen molar-refractivity contribution < 1.29 is 24.3 Å². The number of nitrogens with one attached hydrogen (secondary N) is 1. The van der Waals surface area contributed by atoms with E-state index in [4.69, 9.17) is 5.11 Å². The number of imide groups is 1. The smallest absolute Gasteiger partial charge is 0.323 e. The fourth-order valence-electron chi connectivity index (χ4n) is 2.35. The number of carbonyl (C=O) groups excluding carboxylic acids is 3. The van der Waals surface area contributed by atoms with E-state index < -0.39 is 24.3 Å². The lowest BCUT2D eigenvalue weighted by atomic mass is 10.1. The van der Waals surface area contributed by atoms with Crippen LogP contribution in [0.2, 0.25) is 0 Å². The number of carboxylic acid groups (broad SMARTS) is 1. The first-order valence-electron chi connectivity index (χ1n) is 7.29. The van der Waals surface area contributed by atoms with Crippen LogP contribution in [0.3, 0.4) is 0 Å². The molecule has 0 saturated carbocycles. The summed E-state index contributed by atoms with van der Waals surface area (Å²) in [5, 5.41) is 10.9. The molecule has 2 aromatic rings. The minimum atomic E-state index is -1.28. The maximum Gasteiger partial charge on any atom is 0.323 e. The quantitative estimate of drug-likeness (QED) is 0.643. The Morgan fingerprint density at radius 3 is 2.28 bits per heavy atom. The number of aryl methyl sites for hydroxylation is 2. The lowest BCUT2D eigenvalue weighted by Crippen LogP contribution is -2.34. The SMILES string of the molecule is Cc1ccc(C)s1.O=CNc1cccc2c1C(=O)N(CC(=O)O)C2=O. The van der Waals surface area contributed by atoms with Gasteiger partial charge in [-0.3, -0.25) is 24.1 Å². The number of nitrogens with zero attached hydrogens (tertiary/aromatic N) is 1. The molecule has 8 heteroatoms. The van der Waals surface area contributed by atoms with Crippen molar-refractivity contribution in [2.75, 3.05) is 11.9 Å². The van der Waals surface area contributed by atoms with Crippen molar-refractivity contribution in [3.05, 3.63) is 51.2 Å². The lowest BCUT2D eigenvalue weighted by Gasteiger charge is -2.09. The third-order valence-electron chi connectivity index (χ3n) is 3.38. The molecule has 0 saturated heterocycles. The van der Waals surface area contributed by atoms with Gasteiger partial charge in [-0.1, -0.05) is 6.07 Å². The Morgan fingerprint density at radius 1 is 1.16 bits per heavy atom. The van der Waals surface area contributed by atoms with Crippen LogP contribution < -0.4 is 5.32 Å². The largest absolute Gasteiger partial charge is 0.480 e. The molecule has 0 unspecified atom stereocenters. The minimum Gasteiger partial charge on any atom is -0.480 e. The van der Waals surface area contributed by atoms with Gasteiger partial charge in [-0.25, -0.2) is 0 Å². The monoisotopic (exact) mass is 360 g/mol. The van der Waals surface area contributed by atoms with Crippen molar-refractivity contribution in [1.29, 1.82) is 0 Å². The summed E-state index contributed by atoms with van der Waals surface area (Å²) in [6.07, 6.45) is 0.382. The lowest BCUT2D eigenvalue weighted by molar-refractivity contribution is -0.137. The molecule has 25 heavy (non-hydrogen) atoms. The first kappa shape index (κ1) is 18.3. The molecule has 7 nitrogen and oxygen atoms in total. The molecular formula is C17H16N2O5S. The number of carbonyl (C=O) groups is 4. The Bertz CT molecular complexity index is 827. The van der Waals surface area contributed by atoms with Crippen LogP contribution >= 0.6 is 11.3 Å². The standard InChI is InChI=1S/C11H8N2O5.C6H8S/c14-5-12-7-3-1-2-6-9(7)11(18)13(10(6)17)4-8(15)16;1-5-3-4-6(2)7-5/h1-3,5H,4H2,(H,12,14)(H,15,16);3-4H,1-2H3. The van der Waals surface area contributed by atoms with Gasteiger partial charge in [0.2, 0.25) is 6.41 Å². The van der Waals surface area contributed by atoms with Gasteiger partial charge in [0.1, 0.15) is 6.54 Å². The van der Waals surface area contributed by atoms with Crippen LogP contribution in [0.5, 0.6) is 0 Å². The zero-order valence-electron chi connectivity index (χ0n) is 13.6. The number of rotatable bonds is 4. The number of anilines is 1.